The lowest BCUT2D eigenvalue weighted by molar-refractivity contribution is -0.118. The number of amides is 1. The molecule has 1 fully saturated rings. The van der Waals surface area contributed by atoms with Crippen molar-refractivity contribution in [2.24, 2.45) is 0 Å². The summed E-state index contributed by atoms with van der Waals surface area (Å²) in [5, 5.41) is 32.8. The van der Waals surface area contributed by atoms with Crippen LogP contribution in [0.25, 0.3) is 10.9 Å². The fourth-order valence-corrected chi connectivity index (χ4v) is 4.28. The van der Waals surface area contributed by atoms with Gasteiger partial charge in [0.25, 0.3) is 0 Å². The number of phenols is 2. The van der Waals surface area contributed by atoms with Gasteiger partial charge in [0.2, 0.25) is 5.91 Å². The molecule has 0 radical (unpaired) electrons. The second-order valence-corrected chi connectivity index (χ2v) is 9.52. The number of nitrogens with zero attached hydrogens (tertiary/aromatic N) is 1. The SMILES string of the molecule is CC(C)(C)c1cc2cc(NC(=O)C3(c4ccc(O)c(O)c4)CC3)ccc2n1CCCO. The first-order chi connectivity index (χ1) is 14.7. The fourth-order valence-electron chi connectivity index (χ4n) is 4.28. The van der Waals surface area contributed by atoms with E-state index in [1.807, 2.05) is 18.2 Å². The van der Waals surface area contributed by atoms with Gasteiger partial charge in [0.05, 0.1) is 5.41 Å². The van der Waals surface area contributed by atoms with Gasteiger partial charge in [-0.15, -0.1) is 0 Å². The molecule has 0 bridgehead atoms. The van der Waals surface area contributed by atoms with E-state index in [0.717, 1.165) is 23.1 Å². The van der Waals surface area contributed by atoms with Gasteiger partial charge in [0.15, 0.2) is 11.5 Å². The Bertz CT molecular complexity index is 1140. The van der Waals surface area contributed by atoms with Crippen molar-refractivity contribution in [1.29, 1.82) is 0 Å². The van der Waals surface area contributed by atoms with Crippen LogP contribution in [0.4, 0.5) is 5.69 Å². The number of nitrogens with one attached hydrogen (secondary N) is 1. The summed E-state index contributed by atoms with van der Waals surface area (Å²) >= 11 is 0. The normalized spacial score (nSPS) is 15.2. The number of aliphatic hydroxyl groups is 1. The highest BCUT2D eigenvalue weighted by atomic mass is 16.3. The number of aryl methyl sites for hydroxylation is 1. The minimum atomic E-state index is -0.663. The second kappa shape index (κ2) is 7.61. The number of anilines is 1. The summed E-state index contributed by atoms with van der Waals surface area (Å²) in [4.78, 5) is 13.1. The molecule has 2 aromatic carbocycles. The Balaban J connectivity index is 1.63. The topological polar surface area (TPSA) is 94.7 Å². The third-order valence-corrected chi connectivity index (χ3v) is 6.18. The molecule has 6 nitrogen and oxygen atoms in total. The molecule has 3 aromatic rings. The van der Waals surface area contributed by atoms with Crippen LogP contribution in [0.3, 0.4) is 0 Å². The highest BCUT2D eigenvalue weighted by molar-refractivity contribution is 6.02. The highest BCUT2D eigenvalue weighted by Gasteiger charge is 2.51. The van der Waals surface area contributed by atoms with Crippen molar-refractivity contribution in [3.05, 3.63) is 53.7 Å². The van der Waals surface area contributed by atoms with Gasteiger partial charge in [-0.3, -0.25) is 4.79 Å². The molecule has 6 heteroatoms. The van der Waals surface area contributed by atoms with Crippen LogP contribution in [0.5, 0.6) is 11.5 Å². The van der Waals surface area contributed by atoms with E-state index in [4.69, 9.17) is 0 Å². The average Bonchev–Trinajstić information content (AvgIpc) is 3.44. The molecule has 0 spiro atoms. The van der Waals surface area contributed by atoms with Crippen molar-refractivity contribution >= 4 is 22.5 Å². The number of aliphatic hydroxyl groups excluding tert-OH is 1. The number of benzene rings is 2. The first-order valence-electron chi connectivity index (χ1n) is 10.7. The summed E-state index contributed by atoms with van der Waals surface area (Å²) in [5.74, 6) is -0.504. The number of hydrogen-bond acceptors (Lipinski definition) is 4. The van der Waals surface area contributed by atoms with Gasteiger partial charge in [-0.25, -0.2) is 0 Å². The first-order valence-corrected chi connectivity index (χ1v) is 10.7. The summed E-state index contributed by atoms with van der Waals surface area (Å²) in [7, 11) is 0. The van der Waals surface area contributed by atoms with Crippen LogP contribution >= 0.6 is 0 Å². The zero-order valence-corrected chi connectivity index (χ0v) is 18.3. The zero-order chi connectivity index (χ0) is 22.4. The van der Waals surface area contributed by atoms with Crippen molar-refractivity contribution < 1.29 is 20.1 Å². The number of phenolic OH excluding ortho intramolecular Hbond substituents is 2. The van der Waals surface area contributed by atoms with E-state index in [0.29, 0.717) is 24.8 Å². The molecule has 1 aromatic heterocycles. The number of aromatic nitrogens is 1. The summed E-state index contributed by atoms with van der Waals surface area (Å²) in [5.41, 5.74) is 3.01. The molecule has 164 valence electrons. The number of fused-ring (bicyclic) bond motifs is 1. The van der Waals surface area contributed by atoms with Gasteiger partial charge in [0.1, 0.15) is 0 Å². The lowest BCUT2D eigenvalue weighted by Gasteiger charge is -2.22. The van der Waals surface area contributed by atoms with E-state index < -0.39 is 5.41 Å². The predicted molar refractivity (Wildman–Crippen MR) is 122 cm³/mol. The van der Waals surface area contributed by atoms with Gasteiger partial charge >= 0.3 is 0 Å². The van der Waals surface area contributed by atoms with E-state index in [-0.39, 0.29) is 29.4 Å². The van der Waals surface area contributed by atoms with Crippen molar-refractivity contribution in [3.8, 4) is 11.5 Å². The Morgan fingerprint density at radius 1 is 1.06 bits per heavy atom. The van der Waals surface area contributed by atoms with Crippen molar-refractivity contribution in [2.45, 2.75) is 57.4 Å². The molecule has 1 aliphatic rings. The maximum atomic E-state index is 13.1. The van der Waals surface area contributed by atoms with E-state index in [9.17, 15) is 20.1 Å². The van der Waals surface area contributed by atoms with Gasteiger partial charge in [-0.05, 0) is 61.2 Å². The fraction of sp³-hybridized carbons (Fsp3) is 0.400. The van der Waals surface area contributed by atoms with Gasteiger partial charge in [0, 0.05) is 40.9 Å². The molecular formula is C25H30N2O4. The lowest BCUT2D eigenvalue weighted by atomic mass is 9.92. The third kappa shape index (κ3) is 3.88. The largest absolute Gasteiger partial charge is 0.504 e. The van der Waals surface area contributed by atoms with E-state index in [1.54, 1.807) is 6.07 Å². The monoisotopic (exact) mass is 422 g/mol. The van der Waals surface area contributed by atoms with Crippen LogP contribution in [0, 0.1) is 0 Å². The maximum Gasteiger partial charge on any atom is 0.235 e. The van der Waals surface area contributed by atoms with Crippen molar-refractivity contribution in [3.63, 3.8) is 0 Å². The molecule has 4 rings (SSSR count). The minimum absolute atomic E-state index is 0.0448. The van der Waals surface area contributed by atoms with Crippen LogP contribution in [-0.2, 0) is 22.2 Å². The number of carbonyl (C=O) groups excluding carboxylic acids is 1. The summed E-state index contributed by atoms with van der Waals surface area (Å²) < 4.78 is 2.25. The summed E-state index contributed by atoms with van der Waals surface area (Å²) in [6, 6.07) is 12.7. The Morgan fingerprint density at radius 3 is 2.42 bits per heavy atom. The predicted octanol–water partition coefficient (Wildman–Crippen LogP) is 4.40. The third-order valence-electron chi connectivity index (χ3n) is 6.18. The molecule has 4 N–H and O–H groups in total. The van der Waals surface area contributed by atoms with Gasteiger partial charge in [-0.1, -0.05) is 26.8 Å². The molecular weight excluding hydrogens is 392 g/mol. The average molecular weight is 423 g/mol. The van der Waals surface area contributed by atoms with Gasteiger partial charge < -0.3 is 25.2 Å². The Hall–Kier alpha value is -2.99. The van der Waals surface area contributed by atoms with Crippen LogP contribution < -0.4 is 5.32 Å². The summed E-state index contributed by atoms with van der Waals surface area (Å²) in [6.07, 6.45) is 2.10. The Morgan fingerprint density at radius 2 is 1.81 bits per heavy atom. The molecule has 0 unspecified atom stereocenters. The van der Waals surface area contributed by atoms with E-state index in [2.05, 4.69) is 36.7 Å². The number of hydrogen-bond donors (Lipinski definition) is 4. The lowest BCUT2D eigenvalue weighted by Crippen LogP contribution is -2.27. The standard InChI is InChI=1S/C25H30N2O4/c1-24(2,3)22-14-16-13-18(6-7-19(16)27(22)11-4-12-28)26-23(31)25(9-10-25)17-5-8-20(29)21(30)15-17/h5-8,13-15,28-30H,4,9-12H2,1-3H3,(H,26,31). The van der Waals surface area contributed by atoms with Crippen LogP contribution in [0.2, 0.25) is 0 Å². The van der Waals surface area contributed by atoms with Crippen LogP contribution in [-0.4, -0.2) is 32.4 Å². The second-order valence-electron chi connectivity index (χ2n) is 9.52. The molecule has 0 aliphatic heterocycles. The molecule has 1 aliphatic carbocycles. The molecule has 1 amide bonds. The number of carbonyl (C=O) groups is 1. The molecule has 1 saturated carbocycles. The zero-order valence-electron chi connectivity index (χ0n) is 18.3. The minimum Gasteiger partial charge on any atom is -0.504 e. The molecule has 0 atom stereocenters. The van der Waals surface area contributed by atoms with Crippen LogP contribution in [0.1, 0.15) is 51.3 Å². The molecule has 31 heavy (non-hydrogen) atoms. The first kappa shape index (κ1) is 21.2. The van der Waals surface area contributed by atoms with E-state index >= 15 is 0 Å². The number of rotatable bonds is 6. The number of aromatic hydroxyl groups is 2. The van der Waals surface area contributed by atoms with Crippen molar-refractivity contribution in [2.75, 3.05) is 11.9 Å². The maximum absolute atomic E-state index is 13.1. The van der Waals surface area contributed by atoms with E-state index in [1.165, 1.54) is 17.8 Å². The Labute approximate surface area is 182 Å². The van der Waals surface area contributed by atoms with Crippen LogP contribution in [0.15, 0.2) is 42.5 Å². The highest BCUT2D eigenvalue weighted by Crippen LogP contribution is 2.50. The van der Waals surface area contributed by atoms with Crippen molar-refractivity contribution in [1.82, 2.24) is 4.57 Å². The quantitative estimate of drug-likeness (QED) is 0.443. The summed E-state index contributed by atoms with van der Waals surface area (Å²) in [6.45, 7) is 7.40. The molecule has 0 saturated heterocycles. The smallest absolute Gasteiger partial charge is 0.235 e. The van der Waals surface area contributed by atoms with Gasteiger partial charge in [-0.2, -0.15) is 0 Å². The molecule has 1 heterocycles. The Kier molecular flexibility index (Phi) is 5.21.